The van der Waals surface area contributed by atoms with E-state index in [1.54, 1.807) is 6.07 Å². The first kappa shape index (κ1) is 14.8. The molecule has 0 bridgehead atoms. The van der Waals surface area contributed by atoms with E-state index in [4.69, 9.17) is 5.11 Å². The van der Waals surface area contributed by atoms with Crippen molar-refractivity contribution < 1.29 is 23.1 Å². The summed E-state index contributed by atoms with van der Waals surface area (Å²) in [5.74, 6) is -1.65. The lowest BCUT2D eigenvalue weighted by molar-refractivity contribution is -0.138. The first-order chi connectivity index (χ1) is 9.39. The molecule has 1 heterocycles. The summed E-state index contributed by atoms with van der Waals surface area (Å²) in [6.45, 7) is 1.02. The van der Waals surface area contributed by atoms with Crippen molar-refractivity contribution in [3.8, 4) is 0 Å². The number of hydrogen-bond donors (Lipinski definition) is 2. The second kappa shape index (κ2) is 5.83. The van der Waals surface area contributed by atoms with Crippen LogP contribution in [0.25, 0.3) is 0 Å². The Balaban J connectivity index is 2.35. The molecule has 0 spiro atoms. The molecule has 2 atom stereocenters. The maximum Gasteiger partial charge on any atom is 0.416 e. The van der Waals surface area contributed by atoms with Crippen molar-refractivity contribution in [2.45, 2.75) is 24.9 Å². The average molecular weight is 287 g/mol. The van der Waals surface area contributed by atoms with Gasteiger partial charge in [0.25, 0.3) is 0 Å². The van der Waals surface area contributed by atoms with Crippen LogP contribution in [0.1, 0.15) is 29.9 Å². The van der Waals surface area contributed by atoms with Crippen molar-refractivity contribution in [2.75, 3.05) is 13.1 Å². The Morgan fingerprint density at radius 3 is 2.70 bits per heavy atom. The van der Waals surface area contributed by atoms with Crippen LogP contribution in [-0.4, -0.2) is 24.2 Å². The standard InChI is InChI=1S/C14H16F3NO2/c15-14(16,17)12-4-2-1-3-10(12)11-8-18-6-5-9(11)7-13(19)20/h1-4,9,11,18H,5-8H2,(H,19,20). The minimum atomic E-state index is -4.41. The second-order valence-electron chi connectivity index (χ2n) is 5.04. The molecule has 20 heavy (non-hydrogen) atoms. The molecule has 0 saturated carbocycles. The number of rotatable bonds is 3. The van der Waals surface area contributed by atoms with E-state index < -0.39 is 23.6 Å². The van der Waals surface area contributed by atoms with E-state index in [1.807, 2.05) is 0 Å². The van der Waals surface area contributed by atoms with Crippen LogP contribution >= 0.6 is 0 Å². The quantitative estimate of drug-likeness (QED) is 0.898. The molecule has 0 amide bonds. The number of hydrogen-bond acceptors (Lipinski definition) is 2. The number of carbonyl (C=O) groups is 1. The molecule has 3 nitrogen and oxygen atoms in total. The Hall–Kier alpha value is -1.56. The summed E-state index contributed by atoms with van der Waals surface area (Å²) in [5.41, 5.74) is -0.470. The number of alkyl halides is 3. The number of aliphatic carboxylic acids is 1. The van der Waals surface area contributed by atoms with Crippen LogP contribution in [0.2, 0.25) is 0 Å². The van der Waals surface area contributed by atoms with E-state index in [2.05, 4.69) is 5.32 Å². The van der Waals surface area contributed by atoms with Gasteiger partial charge >= 0.3 is 12.1 Å². The zero-order valence-electron chi connectivity index (χ0n) is 10.8. The fraction of sp³-hybridized carbons (Fsp3) is 0.500. The SMILES string of the molecule is O=C(O)CC1CCNCC1c1ccccc1C(F)(F)F. The van der Waals surface area contributed by atoms with Gasteiger partial charge in [-0.1, -0.05) is 18.2 Å². The Morgan fingerprint density at radius 2 is 2.05 bits per heavy atom. The highest BCUT2D eigenvalue weighted by molar-refractivity contribution is 5.67. The minimum absolute atomic E-state index is 0.0987. The first-order valence-electron chi connectivity index (χ1n) is 6.48. The highest BCUT2D eigenvalue weighted by Crippen LogP contribution is 2.39. The summed E-state index contributed by atoms with van der Waals surface area (Å²) in [6, 6.07) is 5.43. The fourth-order valence-electron chi connectivity index (χ4n) is 2.82. The van der Waals surface area contributed by atoms with Crippen LogP contribution in [0.5, 0.6) is 0 Å². The number of carboxylic acid groups (broad SMARTS) is 1. The third-order valence-corrected chi connectivity index (χ3v) is 3.73. The molecule has 2 unspecified atom stereocenters. The van der Waals surface area contributed by atoms with E-state index in [0.717, 1.165) is 6.07 Å². The summed E-state index contributed by atoms with van der Waals surface area (Å²) < 4.78 is 39.2. The second-order valence-corrected chi connectivity index (χ2v) is 5.04. The zero-order chi connectivity index (χ0) is 14.8. The van der Waals surface area contributed by atoms with Crippen molar-refractivity contribution in [3.05, 3.63) is 35.4 Å². The lowest BCUT2D eigenvalue weighted by Crippen LogP contribution is -2.37. The predicted molar refractivity (Wildman–Crippen MR) is 67.4 cm³/mol. The van der Waals surface area contributed by atoms with E-state index in [1.165, 1.54) is 12.1 Å². The van der Waals surface area contributed by atoms with Gasteiger partial charge in [0, 0.05) is 18.9 Å². The van der Waals surface area contributed by atoms with Crippen LogP contribution in [0.4, 0.5) is 13.2 Å². The third-order valence-electron chi connectivity index (χ3n) is 3.73. The van der Waals surface area contributed by atoms with Crippen molar-refractivity contribution in [1.82, 2.24) is 5.32 Å². The molecule has 2 rings (SSSR count). The van der Waals surface area contributed by atoms with Gasteiger partial charge in [0.15, 0.2) is 0 Å². The summed E-state index contributed by atoms with van der Waals surface area (Å²) in [7, 11) is 0. The molecule has 0 aromatic heterocycles. The van der Waals surface area contributed by atoms with Crippen molar-refractivity contribution in [2.24, 2.45) is 5.92 Å². The Morgan fingerprint density at radius 1 is 1.35 bits per heavy atom. The third kappa shape index (κ3) is 3.30. The van der Waals surface area contributed by atoms with Gasteiger partial charge < -0.3 is 10.4 Å². The summed E-state index contributed by atoms with van der Waals surface area (Å²) in [6.07, 6.45) is -3.94. The van der Waals surface area contributed by atoms with E-state index >= 15 is 0 Å². The number of benzene rings is 1. The molecule has 0 radical (unpaired) electrons. The number of halogens is 3. The van der Waals surface area contributed by atoms with Gasteiger partial charge in [-0.3, -0.25) is 4.79 Å². The van der Waals surface area contributed by atoms with Gasteiger partial charge in [-0.2, -0.15) is 13.2 Å². The van der Waals surface area contributed by atoms with Crippen LogP contribution < -0.4 is 5.32 Å². The van der Waals surface area contributed by atoms with Gasteiger partial charge in [0.1, 0.15) is 0 Å². The fourth-order valence-corrected chi connectivity index (χ4v) is 2.82. The molecule has 1 fully saturated rings. The van der Waals surface area contributed by atoms with Crippen LogP contribution in [0.15, 0.2) is 24.3 Å². The largest absolute Gasteiger partial charge is 0.481 e. The lowest BCUT2D eigenvalue weighted by Gasteiger charge is -2.33. The number of carboxylic acids is 1. The minimum Gasteiger partial charge on any atom is -0.481 e. The van der Waals surface area contributed by atoms with E-state index in [9.17, 15) is 18.0 Å². The smallest absolute Gasteiger partial charge is 0.416 e. The van der Waals surface area contributed by atoms with Crippen LogP contribution in [0, 0.1) is 5.92 Å². The topological polar surface area (TPSA) is 49.3 Å². The van der Waals surface area contributed by atoms with Gasteiger partial charge in [-0.25, -0.2) is 0 Å². The normalized spacial score (nSPS) is 23.6. The molecule has 110 valence electrons. The van der Waals surface area contributed by atoms with E-state index in [0.29, 0.717) is 19.5 Å². The van der Waals surface area contributed by atoms with Crippen molar-refractivity contribution >= 4 is 5.97 Å². The highest BCUT2D eigenvalue weighted by atomic mass is 19.4. The summed E-state index contributed by atoms with van der Waals surface area (Å²) >= 11 is 0. The van der Waals surface area contributed by atoms with Gasteiger partial charge in [-0.05, 0) is 30.5 Å². The van der Waals surface area contributed by atoms with Crippen molar-refractivity contribution in [3.63, 3.8) is 0 Å². The van der Waals surface area contributed by atoms with Crippen LogP contribution in [0.3, 0.4) is 0 Å². The molecule has 1 aromatic carbocycles. The first-order valence-corrected chi connectivity index (χ1v) is 6.48. The van der Waals surface area contributed by atoms with Gasteiger partial charge in [0.2, 0.25) is 0 Å². The van der Waals surface area contributed by atoms with Crippen molar-refractivity contribution in [1.29, 1.82) is 0 Å². The Bertz CT molecular complexity index is 488. The van der Waals surface area contributed by atoms with Gasteiger partial charge in [0.05, 0.1) is 5.56 Å². The monoisotopic (exact) mass is 287 g/mol. The molecular weight excluding hydrogens is 271 g/mol. The molecule has 0 aliphatic carbocycles. The summed E-state index contributed by atoms with van der Waals surface area (Å²) in [4.78, 5) is 10.9. The Labute approximate surface area is 114 Å². The van der Waals surface area contributed by atoms with Gasteiger partial charge in [-0.15, -0.1) is 0 Å². The molecule has 1 saturated heterocycles. The van der Waals surface area contributed by atoms with Crippen LogP contribution in [-0.2, 0) is 11.0 Å². The maximum absolute atomic E-state index is 13.1. The Kier molecular flexibility index (Phi) is 4.32. The molecule has 1 aliphatic heterocycles. The zero-order valence-corrected chi connectivity index (χ0v) is 10.8. The number of piperidine rings is 1. The molecule has 2 N–H and O–H groups in total. The molecule has 1 aromatic rings. The molecule has 1 aliphatic rings. The highest BCUT2D eigenvalue weighted by Gasteiger charge is 2.37. The maximum atomic E-state index is 13.1. The molecule has 6 heteroatoms. The summed E-state index contributed by atoms with van der Waals surface area (Å²) in [5, 5.41) is 12.0. The lowest BCUT2D eigenvalue weighted by atomic mass is 9.78. The predicted octanol–water partition coefficient (Wildman–Crippen LogP) is 2.87. The van der Waals surface area contributed by atoms with E-state index in [-0.39, 0.29) is 17.9 Å². The molecular formula is C14H16F3NO2. The number of nitrogens with one attached hydrogen (secondary N) is 1. The average Bonchev–Trinajstić information content (AvgIpc) is 2.38.